The number of methoxy groups -OCH3 is 2. The van der Waals surface area contributed by atoms with E-state index in [1.165, 1.54) is 11.3 Å². The van der Waals surface area contributed by atoms with Crippen molar-refractivity contribution in [2.24, 2.45) is 4.99 Å². The Labute approximate surface area is 233 Å². The number of aromatic nitrogens is 1. The second-order valence-corrected chi connectivity index (χ2v) is 10.6. The number of hydrogen-bond donors (Lipinski definition) is 0. The predicted molar refractivity (Wildman–Crippen MR) is 150 cm³/mol. The van der Waals surface area contributed by atoms with E-state index in [0.717, 1.165) is 10.0 Å². The molecule has 4 rings (SSSR count). The second-order valence-electron chi connectivity index (χ2n) is 8.77. The van der Waals surface area contributed by atoms with Crippen LogP contribution in [-0.4, -0.2) is 37.5 Å². The number of ether oxygens (including phenoxy) is 4. The average molecular weight is 602 g/mol. The molecule has 0 bridgehead atoms. The quantitative estimate of drug-likeness (QED) is 0.357. The first-order valence-corrected chi connectivity index (χ1v) is 13.7. The summed E-state index contributed by atoms with van der Waals surface area (Å²) < 4.78 is 24.8. The number of nitrogens with zero attached hydrogens (tertiary/aromatic N) is 2. The summed E-state index contributed by atoms with van der Waals surface area (Å²) in [7, 11) is 3.13. The van der Waals surface area contributed by atoms with Crippen LogP contribution >= 0.6 is 27.3 Å². The molecule has 0 radical (unpaired) electrons. The lowest BCUT2D eigenvalue weighted by molar-refractivity contribution is -0.139. The molecule has 0 N–H and O–H groups in total. The number of fused-ring (bicyclic) bond motifs is 1. The zero-order chi connectivity index (χ0) is 27.6. The molecule has 0 fully saturated rings. The Bertz CT molecular complexity index is 1570. The summed E-state index contributed by atoms with van der Waals surface area (Å²) in [6.07, 6.45) is 1.78. The molecule has 0 unspecified atom stereocenters. The molecule has 1 atom stereocenters. The van der Waals surface area contributed by atoms with Crippen LogP contribution in [0.15, 0.2) is 61.9 Å². The fraction of sp³-hybridized carbons (Fsp3) is 0.321. The molecule has 10 heteroatoms. The Hall–Kier alpha value is -3.37. The van der Waals surface area contributed by atoms with Crippen LogP contribution in [0.3, 0.4) is 0 Å². The lowest BCUT2D eigenvalue weighted by Gasteiger charge is -2.25. The third-order valence-corrected chi connectivity index (χ3v) is 7.48. The van der Waals surface area contributed by atoms with Crippen molar-refractivity contribution >= 4 is 39.3 Å². The average Bonchev–Trinajstić information content (AvgIpc) is 3.18. The van der Waals surface area contributed by atoms with E-state index in [1.54, 1.807) is 44.8 Å². The summed E-state index contributed by atoms with van der Waals surface area (Å²) in [4.78, 5) is 32.1. The van der Waals surface area contributed by atoms with E-state index in [4.69, 9.17) is 18.9 Å². The van der Waals surface area contributed by atoms with Gasteiger partial charge in [0, 0.05) is 11.6 Å². The van der Waals surface area contributed by atoms with Crippen LogP contribution in [0.2, 0.25) is 0 Å². The highest BCUT2D eigenvalue weighted by molar-refractivity contribution is 9.10. The van der Waals surface area contributed by atoms with Gasteiger partial charge in [-0.2, -0.15) is 0 Å². The van der Waals surface area contributed by atoms with Gasteiger partial charge in [0.1, 0.15) is 17.2 Å². The van der Waals surface area contributed by atoms with Crippen LogP contribution in [0.5, 0.6) is 17.2 Å². The molecule has 0 saturated heterocycles. The number of benzene rings is 2. The van der Waals surface area contributed by atoms with Gasteiger partial charge in [-0.1, -0.05) is 23.5 Å². The first-order chi connectivity index (χ1) is 18.2. The first-order valence-electron chi connectivity index (χ1n) is 12.1. The Kier molecular flexibility index (Phi) is 8.42. The van der Waals surface area contributed by atoms with Crippen molar-refractivity contribution in [3.05, 3.63) is 83.0 Å². The fourth-order valence-corrected chi connectivity index (χ4v) is 5.81. The molecule has 200 valence electrons. The summed E-state index contributed by atoms with van der Waals surface area (Å²) >= 11 is 4.75. The summed E-state index contributed by atoms with van der Waals surface area (Å²) in [6, 6.07) is 10.3. The van der Waals surface area contributed by atoms with Crippen molar-refractivity contribution in [2.75, 3.05) is 20.8 Å². The molecule has 3 aromatic rings. The van der Waals surface area contributed by atoms with Gasteiger partial charge in [-0.25, -0.2) is 9.79 Å². The maximum atomic E-state index is 13.9. The number of rotatable bonds is 8. The van der Waals surface area contributed by atoms with E-state index in [1.807, 2.05) is 44.2 Å². The molecule has 0 aliphatic carbocycles. The summed E-state index contributed by atoms with van der Waals surface area (Å²) in [6.45, 7) is 7.62. The minimum absolute atomic E-state index is 0.0192. The molecule has 1 aromatic heterocycles. The molecule has 8 nitrogen and oxygen atoms in total. The molecule has 2 heterocycles. The highest BCUT2D eigenvalue weighted by Gasteiger charge is 2.33. The third-order valence-electron chi connectivity index (χ3n) is 5.88. The highest BCUT2D eigenvalue weighted by atomic mass is 79.9. The normalized spacial score (nSPS) is 15.3. The van der Waals surface area contributed by atoms with E-state index in [0.29, 0.717) is 43.4 Å². The number of thiazole rings is 1. The summed E-state index contributed by atoms with van der Waals surface area (Å²) in [5, 5.41) is 0. The van der Waals surface area contributed by atoms with Crippen molar-refractivity contribution in [1.82, 2.24) is 4.57 Å². The van der Waals surface area contributed by atoms with Crippen LogP contribution in [0.25, 0.3) is 6.08 Å². The van der Waals surface area contributed by atoms with E-state index >= 15 is 0 Å². The Morgan fingerprint density at radius 1 is 1.16 bits per heavy atom. The van der Waals surface area contributed by atoms with Crippen LogP contribution in [0.1, 0.15) is 44.9 Å². The van der Waals surface area contributed by atoms with Gasteiger partial charge in [0.15, 0.2) is 4.80 Å². The number of halogens is 1. The fourth-order valence-electron chi connectivity index (χ4n) is 4.25. The van der Waals surface area contributed by atoms with Gasteiger partial charge >= 0.3 is 5.97 Å². The Morgan fingerprint density at radius 2 is 1.84 bits per heavy atom. The smallest absolute Gasteiger partial charge is 0.338 e. The molecule has 2 aromatic carbocycles. The van der Waals surface area contributed by atoms with E-state index in [-0.39, 0.29) is 18.3 Å². The zero-order valence-corrected chi connectivity index (χ0v) is 24.4. The number of esters is 1. The van der Waals surface area contributed by atoms with Gasteiger partial charge in [0.25, 0.3) is 5.56 Å². The standard InChI is InChI=1S/C28H29BrN2O6S/c1-7-36-27(33)24-16(4)30-28-31(25(24)17-8-10-19(11-9-17)37-15(2)3)26(32)23(38-28)13-18-12-20(29)22(35-6)14-21(18)34-5/h8-15,25H,7H2,1-6H3/b23-13+/t25-/m1/s1. The topological polar surface area (TPSA) is 88.4 Å². The highest BCUT2D eigenvalue weighted by Crippen LogP contribution is 2.34. The maximum absolute atomic E-state index is 13.9. The van der Waals surface area contributed by atoms with Gasteiger partial charge < -0.3 is 18.9 Å². The Balaban J connectivity index is 1.92. The van der Waals surface area contributed by atoms with Gasteiger partial charge in [-0.15, -0.1) is 0 Å². The minimum Gasteiger partial charge on any atom is -0.496 e. The molecule has 0 spiro atoms. The van der Waals surface area contributed by atoms with Gasteiger partial charge in [-0.05, 0) is 73.5 Å². The molecule has 1 aliphatic rings. The third kappa shape index (κ3) is 5.42. The molecule has 38 heavy (non-hydrogen) atoms. The van der Waals surface area contributed by atoms with Gasteiger partial charge in [0.2, 0.25) is 0 Å². The van der Waals surface area contributed by atoms with Gasteiger partial charge in [0.05, 0.1) is 53.2 Å². The molecule has 0 amide bonds. The van der Waals surface area contributed by atoms with Crippen molar-refractivity contribution in [3.8, 4) is 17.2 Å². The van der Waals surface area contributed by atoms with Crippen LogP contribution in [0.4, 0.5) is 0 Å². The van der Waals surface area contributed by atoms with Crippen molar-refractivity contribution in [3.63, 3.8) is 0 Å². The van der Waals surface area contributed by atoms with Crippen molar-refractivity contribution in [2.45, 2.75) is 39.8 Å². The minimum atomic E-state index is -0.704. The van der Waals surface area contributed by atoms with Gasteiger partial charge in [-0.3, -0.25) is 9.36 Å². The first kappa shape index (κ1) is 27.7. The summed E-state index contributed by atoms with van der Waals surface area (Å²) in [5.74, 6) is 1.36. The lowest BCUT2D eigenvalue weighted by Crippen LogP contribution is -2.39. The summed E-state index contributed by atoms with van der Waals surface area (Å²) in [5.41, 5.74) is 2.00. The maximum Gasteiger partial charge on any atom is 0.338 e. The molecular weight excluding hydrogens is 572 g/mol. The molecular formula is C28H29BrN2O6S. The number of hydrogen-bond acceptors (Lipinski definition) is 8. The van der Waals surface area contributed by atoms with Crippen LogP contribution in [0, 0.1) is 0 Å². The molecule has 0 saturated carbocycles. The van der Waals surface area contributed by atoms with Crippen molar-refractivity contribution < 1.29 is 23.7 Å². The van der Waals surface area contributed by atoms with E-state index < -0.39 is 12.0 Å². The van der Waals surface area contributed by atoms with E-state index in [2.05, 4.69) is 20.9 Å². The number of carbonyl (C=O) groups is 1. The predicted octanol–water partition coefficient (Wildman–Crippen LogP) is 4.37. The monoisotopic (exact) mass is 600 g/mol. The largest absolute Gasteiger partial charge is 0.496 e. The Morgan fingerprint density at radius 3 is 2.45 bits per heavy atom. The van der Waals surface area contributed by atoms with Crippen LogP contribution in [-0.2, 0) is 9.53 Å². The number of allylic oxidation sites excluding steroid dienone is 1. The SMILES string of the molecule is CCOC(=O)C1=C(C)N=c2s/c(=C/c3cc(Br)c(OC)cc3OC)c(=O)n2[C@@H]1c1ccc(OC(C)C)cc1. The van der Waals surface area contributed by atoms with E-state index in [9.17, 15) is 9.59 Å². The second kappa shape index (κ2) is 11.6. The molecule has 1 aliphatic heterocycles. The lowest BCUT2D eigenvalue weighted by atomic mass is 9.96. The number of carbonyl (C=O) groups excluding carboxylic acids is 1. The zero-order valence-electron chi connectivity index (χ0n) is 22.0. The van der Waals surface area contributed by atoms with Crippen molar-refractivity contribution in [1.29, 1.82) is 0 Å². The van der Waals surface area contributed by atoms with Crippen LogP contribution < -0.4 is 29.1 Å².